The van der Waals surface area contributed by atoms with E-state index in [1.165, 1.54) is 0 Å². The van der Waals surface area contributed by atoms with Crippen LogP contribution in [0.4, 0.5) is 0 Å². The van der Waals surface area contributed by atoms with Gasteiger partial charge in [-0.25, -0.2) is 0 Å². The average Bonchev–Trinajstić information content (AvgIpc) is 2.73. The molecule has 3 rings (SSSR count). The number of hydrogen-bond donors (Lipinski definition) is 2. The van der Waals surface area contributed by atoms with E-state index >= 15 is 0 Å². The lowest BCUT2D eigenvalue weighted by molar-refractivity contribution is -0.131. The third-order valence-corrected chi connectivity index (χ3v) is 6.35. The minimum atomic E-state index is -0.101. The molecule has 0 aliphatic heterocycles. The molecule has 2 aromatic rings. The fourth-order valence-corrected chi connectivity index (χ4v) is 4.40. The summed E-state index contributed by atoms with van der Waals surface area (Å²) in [6.07, 6.45) is 2.88. The predicted molar refractivity (Wildman–Crippen MR) is 121 cm³/mol. The highest BCUT2D eigenvalue weighted by Gasteiger charge is 2.31. The lowest BCUT2D eigenvalue weighted by Gasteiger charge is -2.29. The smallest absolute Gasteiger partial charge is 0.223 e. The lowest BCUT2D eigenvalue weighted by atomic mass is 9.81. The van der Waals surface area contributed by atoms with Gasteiger partial charge in [0, 0.05) is 21.9 Å². The van der Waals surface area contributed by atoms with E-state index in [2.05, 4.69) is 10.6 Å². The zero-order valence-electron chi connectivity index (χ0n) is 17.3. The highest BCUT2D eigenvalue weighted by Crippen LogP contribution is 2.30. The maximum atomic E-state index is 12.7. The molecule has 1 aliphatic carbocycles. The minimum Gasteiger partial charge on any atom is -0.349 e. The molecule has 0 heterocycles. The minimum absolute atomic E-state index is 0.0497. The van der Waals surface area contributed by atoms with Crippen LogP contribution in [-0.2, 0) is 9.59 Å². The molecule has 0 saturated heterocycles. The fourth-order valence-electron chi connectivity index (χ4n) is 4.00. The summed E-state index contributed by atoms with van der Waals surface area (Å²) in [5.74, 6) is -0.00988. The van der Waals surface area contributed by atoms with E-state index in [1.807, 2.05) is 62.4 Å². The normalized spacial score (nSPS) is 20.8. The molecule has 4 nitrogen and oxygen atoms in total. The summed E-state index contributed by atoms with van der Waals surface area (Å²) in [7, 11) is 0. The van der Waals surface area contributed by atoms with Gasteiger partial charge in [-0.3, -0.25) is 9.59 Å². The summed E-state index contributed by atoms with van der Waals surface area (Å²) >= 11 is 12.1. The summed E-state index contributed by atoms with van der Waals surface area (Å²) in [6, 6.07) is 14.9. The Labute approximate surface area is 188 Å². The van der Waals surface area contributed by atoms with Gasteiger partial charge in [0.1, 0.15) is 0 Å². The van der Waals surface area contributed by atoms with Crippen molar-refractivity contribution in [1.82, 2.24) is 10.6 Å². The van der Waals surface area contributed by atoms with Crippen LogP contribution in [0.1, 0.15) is 62.7 Å². The van der Waals surface area contributed by atoms with Gasteiger partial charge in [-0.15, -0.1) is 0 Å². The summed E-state index contributed by atoms with van der Waals surface area (Å²) < 4.78 is 0. The highest BCUT2D eigenvalue weighted by molar-refractivity contribution is 6.30. The van der Waals surface area contributed by atoms with Gasteiger partial charge < -0.3 is 10.6 Å². The van der Waals surface area contributed by atoms with Crippen LogP contribution < -0.4 is 10.6 Å². The molecule has 1 saturated carbocycles. The van der Waals surface area contributed by atoms with Crippen molar-refractivity contribution in [1.29, 1.82) is 0 Å². The first kappa shape index (κ1) is 22.6. The van der Waals surface area contributed by atoms with Crippen molar-refractivity contribution in [2.75, 3.05) is 0 Å². The SMILES string of the molecule is CC(NC(=O)C1CCC(C(=O)NC(C)c2cccc(Cl)c2)CC1)c1cccc(Cl)c1. The maximum Gasteiger partial charge on any atom is 0.223 e. The average molecular weight is 447 g/mol. The molecule has 0 radical (unpaired) electrons. The topological polar surface area (TPSA) is 58.2 Å². The van der Waals surface area contributed by atoms with Crippen molar-refractivity contribution in [2.45, 2.75) is 51.6 Å². The van der Waals surface area contributed by atoms with Crippen LogP contribution in [-0.4, -0.2) is 11.8 Å². The van der Waals surface area contributed by atoms with Gasteiger partial charge in [-0.1, -0.05) is 47.5 Å². The fraction of sp³-hybridized carbons (Fsp3) is 0.417. The Balaban J connectivity index is 1.47. The highest BCUT2D eigenvalue weighted by atomic mass is 35.5. The van der Waals surface area contributed by atoms with Crippen LogP contribution in [0.3, 0.4) is 0 Å². The second-order valence-electron chi connectivity index (χ2n) is 8.12. The van der Waals surface area contributed by atoms with Gasteiger partial charge in [0.25, 0.3) is 0 Å². The Hall–Kier alpha value is -2.04. The van der Waals surface area contributed by atoms with E-state index in [4.69, 9.17) is 23.2 Å². The zero-order chi connectivity index (χ0) is 21.7. The van der Waals surface area contributed by atoms with E-state index in [9.17, 15) is 9.59 Å². The molecule has 0 spiro atoms. The Bertz CT molecular complexity index is 821. The lowest BCUT2D eigenvalue weighted by Crippen LogP contribution is -2.38. The molecule has 2 amide bonds. The van der Waals surface area contributed by atoms with Crippen molar-refractivity contribution in [3.63, 3.8) is 0 Å². The first-order valence-electron chi connectivity index (χ1n) is 10.4. The van der Waals surface area contributed by atoms with Crippen molar-refractivity contribution in [3.8, 4) is 0 Å². The Morgan fingerprint density at radius 3 is 1.47 bits per heavy atom. The standard InChI is InChI=1S/C24H28Cl2N2O2/c1-15(19-5-3-7-21(25)13-19)27-23(29)17-9-11-18(12-10-17)24(30)28-16(2)20-6-4-8-22(26)14-20/h3-8,13-18H,9-12H2,1-2H3,(H,27,29)(H,28,30). The number of carbonyl (C=O) groups is 2. The molecule has 1 aliphatic rings. The molecule has 0 aromatic heterocycles. The van der Waals surface area contributed by atoms with Crippen LogP contribution >= 0.6 is 23.2 Å². The van der Waals surface area contributed by atoms with E-state index in [0.717, 1.165) is 36.8 Å². The summed E-state index contributed by atoms with van der Waals surface area (Å²) in [4.78, 5) is 25.4. The van der Waals surface area contributed by atoms with Crippen LogP contribution in [0.5, 0.6) is 0 Å². The van der Waals surface area contributed by atoms with Crippen LogP contribution in [0.2, 0.25) is 10.0 Å². The van der Waals surface area contributed by atoms with E-state index < -0.39 is 0 Å². The molecule has 2 N–H and O–H groups in total. The van der Waals surface area contributed by atoms with Gasteiger partial charge in [0.15, 0.2) is 0 Å². The van der Waals surface area contributed by atoms with Gasteiger partial charge >= 0.3 is 0 Å². The molecule has 160 valence electrons. The molecule has 2 unspecified atom stereocenters. The van der Waals surface area contributed by atoms with Gasteiger partial charge in [-0.2, -0.15) is 0 Å². The molecular weight excluding hydrogens is 419 g/mol. The van der Waals surface area contributed by atoms with Gasteiger partial charge in [-0.05, 0) is 74.9 Å². The molecular formula is C24H28Cl2N2O2. The maximum absolute atomic E-state index is 12.7. The first-order valence-corrected chi connectivity index (χ1v) is 11.2. The monoisotopic (exact) mass is 446 g/mol. The van der Waals surface area contributed by atoms with E-state index in [-0.39, 0.29) is 35.7 Å². The Morgan fingerprint density at radius 2 is 1.13 bits per heavy atom. The summed E-state index contributed by atoms with van der Waals surface area (Å²) in [6.45, 7) is 3.92. The van der Waals surface area contributed by atoms with Crippen molar-refractivity contribution in [2.24, 2.45) is 11.8 Å². The van der Waals surface area contributed by atoms with Crippen LogP contribution in [0.15, 0.2) is 48.5 Å². The number of amides is 2. The molecule has 6 heteroatoms. The number of halogens is 2. The van der Waals surface area contributed by atoms with E-state index in [1.54, 1.807) is 0 Å². The van der Waals surface area contributed by atoms with Crippen LogP contribution in [0, 0.1) is 11.8 Å². The van der Waals surface area contributed by atoms with Gasteiger partial charge in [0.05, 0.1) is 12.1 Å². The number of nitrogens with one attached hydrogen (secondary N) is 2. The molecule has 2 aromatic carbocycles. The third-order valence-electron chi connectivity index (χ3n) is 5.88. The first-order chi connectivity index (χ1) is 14.3. The Morgan fingerprint density at radius 1 is 0.767 bits per heavy atom. The zero-order valence-corrected chi connectivity index (χ0v) is 18.8. The van der Waals surface area contributed by atoms with E-state index in [0.29, 0.717) is 10.0 Å². The molecule has 1 fully saturated rings. The largest absolute Gasteiger partial charge is 0.349 e. The third kappa shape index (κ3) is 5.99. The second kappa shape index (κ2) is 10.3. The molecule has 2 atom stereocenters. The van der Waals surface area contributed by atoms with Crippen LogP contribution in [0.25, 0.3) is 0 Å². The number of benzene rings is 2. The van der Waals surface area contributed by atoms with Crippen molar-refractivity contribution >= 4 is 35.0 Å². The number of hydrogen-bond acceptors (Lipinski definition) is 2. The summed E-state index contributed by atoms with van der Waals surface area (Å²) in [5, 5.41) is 7.49. The molecule has 30 heavy (non-hydrogen) atoms. The quantitative estimate of drug-likeness (QED) is 0.583. The number of rotatable bonds is 6. The molecule has 0 bridgehead atoms. The van der Waals surface area contributed by atoms with Crippen molar-refractivity contribution in [3.05, 3.63) is 69.7 Å². The number of carbonyl (C=O) groups excluding carboxylic acids is 2. The predicted octanol–water partition coefficient (Wildman–Crippen LogP) is 5.85. The van der Waals surface area contributed by atoms with Crippen molar-refractivity contribution < 1.29 is 9.59 Å². The second-order valence-corrected chi connectivity index (χ2v) is 8.99. The Kier molecular flexibility index (Phi) is 7.79. The van der Waals surface area contributed by atoms with Gasteiger partial charge in [0.2, 0.25) is 11.8 Å². The summed E-state index contributed by atoms with van der Waals surface area (Å²) in [5.41, 5.74) is 1.97.